The maximum absolute atomic E-state index is 3.97. The van der Waals surface area contributed by atoms with Crippen LogP contribution in [0.2, 0.25) is 0 Å². The van der Waals surface area contributed by atoms with Crippen molar-refractivity contribution in [2.75, 3.05) is 6.54 Å². The largest absolute Gasteiger partial charge is 0.313 e. The molecule has 0 aromatic carbocycles. The van der Waals surface area contributed by atoms with Gasteiger partial charge in [0.15, 0.2) is 0 Å². The van der Waals surface area contributed by atoms with E-state index in [2.05, 4.69) is 26.1 Å². The number of nitrogens with one attached hydrogen (secondary N) is 1. The molecule has 0 radical (unpaired) electrons. The molecule has 1 heteroatoms. The molecule has 0 aliphatic heterocycles. The molecule has 106 valence electrons. The molecule has 0 bridgehead atoms. The third kappa shape index (κ3) is 3.50. The van der Waals surface area contributed by atoms with Crippen molar-refractivity contribution < 1.29 is 0 Å². The van der Waals surface area contributed by atoms with Gasteiger partial charge in [-0.1, -0.05) is 46.5 Å². The van der Waals surface area contributed by atoms with Gasteiger partial charge in [0.2, 0.25) is 0 Å². The first-order chi connectivity index (χ1) is 8.65. The minimum absolute atomic E-state index is 0.648. The molecule has 0 amide bonds. The highest BCUT2D eigenvalue weighted by Crippen LogP contribution is 2.43. The monoisotopic (exact) mass is 251 g/mol. The molecule has 0 aromatic rings. The van der Waals surface area contributed by atoms with Crippen LogP contribution >= 0.6 is 0 Å². The van der Waals surface area contributed by atoms with Crippen molar-refractivity contribution in [1.29, 1.82) is 0 Å². The summed E-state index contributed by atoms with van der Waals surface area (Å²) in [7, 11) is 0. The van der Waals surface area contributed by atoms with Crippen molar-refractivity contribution >= 4 is 0 Å². The predicted octanol–water partition coefficient (Wildman–Crippen LogP) is 4.76. The van der Waals surface area contributed by atoms with E-state index in [9.17, 15) is 0 Å². The number of hydrogen-bond donors (Lipinski definition) is 1. The Morgan fingerprint density at radius 3 is 2.44 bits per heavy atom. The molecule has 2 fully saturated rings. The van der Waals surface area contributed by atoms with Gasteiger partial charge in [-0.05, 0) is 49.4 Å². The molecule has 1 nitrogen and oxygen atoms in total. The highest BCUT2D eigenvalue weighted by atomic mass is 14.9. The first kappa shape index (κ1) is 14.4. The Kier molecular flexibility index (Phi) is 5.12. The molecule has 0 aromatic heterocycles. The van der Waals surface area contributed by atoms with Crippen molar-refractivity contribution in [2.24, 2.45) is 17.3 Å². The Morgan fingerprint density at radius 1 is 1.11 bits per heavy atom. The van der Waals surface area contributed by atoms with Gasteiger partial charge in [-0.2, -0.15) is 0 Å². The Morgan fingerprint density at radius 2 is 1.83 bits per heavy atom. The Labute approximate surface area is 114 Å². The van der Waals surface area contributed by atoms with E-state index in [1.165, 1.54) is 64.3 Å². The van der Waals surface area contributed by atoms with E-state index in [0.29, 0.717) is 5.41 Å². The molecule has 2 rings (SSSR count). The Bertz CT molecular complexity index is 240. The van der Waals surface area contributed by atoms with Gasteiger partial charge >= 0.3 is 0 Å². The Hall–Kier alpha value is -0.0400. The van der Waals surface area contributed by atoms with Gasteiger partial charge in [0.05, 0.1) is 0 Å². The molecule has 2 saturated carbocycles. The summed E-state index contributed by atoms with van der Waals surface area (Å²) in [4.78, 5) is 0. The van der Waals surface area contributed by atoms with E-state index in [0.717, 1.165) is 17.9 Å². The normalized spacial score (nSPS) is 31.3. The zero-order chi connectivity index (χ0) is 13.0. The third-order valence-electron chi connectivity index (χ3n) is 5.43. The summed E-state index contributed by atoms with van der Waals surface area (Å²) >= 11 is 0. The molecule has 2 unspecified atom stereocenters. The topological polar surface area (TPSA) is 12.0 Å². The maximum atomic E-state index is 3.97. The highest BCUT2D eigenvalue weighted by Gasteiger charge is 2.35. The molecule has 0 saturated heterocycles. The second kappa shape index (κ2) is 6.41. The summed E-state index contributed by atoms with van der Waals surface area (Å²) in [5.74, 6) is 1.82. The Balaban J connectivity index is 1.85. The summed E-state index contributed by atoms with van der Waals surface area (Å²) in [6.45, 7) is 8.45. The van der Waals surface area contributed by atoms with Gasteiger partial charge in [0.25, 0.3) is 0 Å². The van der Waals surface area contributed by atoms with Gasteiger partial charge in [-0.25, -0.2) is 0 Å². The second-order valence-electron chi connectivity index (χ2n) is 7.39. The molecule has 0 heterocycles. The fraction of sp³-hybridized carbons (Fsp3) is 1.00. The zero-order valence-electron chi connectivity index (χ0n) is 12.8. The van der Waals surface area contributed by atoms with Crippen LogP contribution in [0.15, 0.2) is 0 Å². The first-order valence-corrected chi connectivity index (χ1v) is 8.38. The van der Waals surface area contributed by atoms with Crippen molar-refractivity contribution in [1.82, 2.24) is 5.32 Å². The van der Waals surface area contributed by atoms with Gasteiger partial charge < -0.3 is 5.32 Å². The van der Waals surface area contributed by atoms with Crippen LogP contribution in [0.5, 0.6) is 0 Å². The highest BCUT2D eigenvalue weighted by molar-refractivity contribution is 4.90. The van der Waals surface area contributed by atoms with Crippen LogP contribution in [-0.4, -0.2) is 12.6 Å². The quantitative estimate of drug-likeness (QED) is 0.717. The zero-order valence-corrected chi connectivity index (χ0v) is 12.8. The van der Waals surface area contributed by atoms with Crippen LogP contribution in [0.1, 0.15) is 78.6 Å². The SMILES string of the molecule is CCC1CCCC1NCC1(CC(C)C)CCCC1. The predicted molar refractivity (Wildman–Crippen MR) is 79.8 cm³/mol. The van der Waals surface area contributed by atoms with Gasteiger partial charge in [0, 0.05) is 12.6 Å². The summed E-state index contributed by atoms with van der Waals surface area (Å²) in [6.07, 6.45) is 13.0. The smallest absolute Gasteiger partial charge is 0.00954 e. The van der Waals surface area contributed by atoms with Crippen molar-refractivity contribution in [3.8, 4) is 0 Å². The average Bonchev–Trinajstić information content (AvgIpc) is 2.94. The van der Waals surface area contributed by atoms with Crippen LogP contribution in [0.4, 0.5) is 0 Å². The van der Waals surface area contributed by atoms with E-state index in [1.54, 1.807) is 0 Å². The van der Waals surface area contributed by atoms with Crippen LogP contribution < -0.4 is 5.32 Å². The lowest BCUT2D eigenvalue weighted by Crippen LogP contribution is -2.40. The van der Waals surface area contributed by atoms with Gasteiger partial charge in [-0.15, -0.1) is 0 Å². The third-order valence-corrected chi connectivity index (χ3v) is 5.43. The van der Waals surface area contributed by atoms with Gasteiger partial charge in [-0.3, -0.25) is 0 Å². The molecule has 0 spiro atoms. The summed E-state index contributed by atoms with van der Waals surface area (Å²) in [5, 5.41) is 3.97. The summed E-state index contributed by atoms with van der Waals surface area (Å²) in [5.41, 5.74) is 0.648. The van der Waals surface area contributed by atoms with Crippen LogP contribution in [0, 0.1) is 17.3 Å². The molecule has 1 N–H and O–H groups in total. The van der Waals surface area contributed by atoms with Crippen molar-refractivity contribution in [3.63, 3.8) is 0 Å². The van der Waals surface area contributed by atoms with Crippen molar-refractivity contribution in [2.45, 2.75) is 84.6 Å². The van der Waals surface area contributed by atoms with E-state index in [4.69, 9.17) is 0 Å². The molecular weight excluding hydrogens is 218 g/mol. The molecule has 2 atom stereocenters. The minimum atomic E-state index is 0.648. The van der Waals surface area contributed by atoms with E-state index in [-0.39, 0.29) is 0 Å². The number of rotatable bonds is 6. The molecule has 2 aliphatic carbocycles. The fourth-order valence-electron chi connectivity index (χ4n) is 4.59. The second-order valence-corrected chi connectivity index (χ2v) is 7.39. The number of hydrogen-bond acceptors (Lipinski definition) is 1. The van der Waals surface area contributed by atoms with E-state index < -0.39 is 0 Å². The summed E-state index contributed by atoms with van der Waals surface area (Å²) in [6, 6.07) is 0.833. The van der Waals surface area contributed by atoms with Crippen molar-refractivity contribution in [3.05, 3.63) is 0 Å². The first-order valence-electron chi connectivity index (χ1n) is 8.38. The standard InChI is InChI=1S/C17H33N/c1-4-15-8-7-9-16(15)18-13-17(12-14(2)3)10-5-6-11-17/h14-16,18H,4-13H2,1-3H3. The van der Waals surface area contributed by atoms with E-state index in [1.807, 2.05) is 0 Å². The maximum Gasteiger partial charge on any atom is 0.00954 e. The van der Waals surface area contributed by atoms with Crippen LogP contribution in [-0.2, 0) is 0 Å². The minimum Gasteiger partial charge on any atom is -0.313 e. The lowest BCUT2D eigenvalue weighted by molar-refractivity contribution is 0.206. The molecule has 2 aliphatic rings. The molecular formula is C17H33N. The molecule has 18 heavy (non-hydrogen) atoms. The average molecular weight is 251 g/mol. The lowest BCUT2D eigenvalue weighted by atomic mass is 9.78. The lowest BCUT2D eigenvalue weighted by Gasteiger charge is -2.33. The van der Waals surface area contributed by atoms with Crippen LogP contribution in [0.3, 0.4) is 0 Å². The fourth-order valence-corrected chi connectivity index (χ4v) is 4.59. The van der Waals surface area contributed by atoms with Gasteiger partial charge in [0.1, 0.15) is 0 Å². The summed E-state index contributed by atoms with van der Waals surface area (Å²) < 4.78 is 0. The van der Waals surface area contributed by atoms with E-state index >= 15 is 0 Å². The van der Waals surface area contributed by atoms with Crippen LogP contribution in [0.25, 0.3) is 0 Å².